The van der Waals surface area contributed by atoms with Crippen LogP contribution in [0.25, 0.3) is 0 Å². The van der Waals surface area contributed by atoms with Crippen molar-refractivity contribution in [3.63, 3.8) is 0 Å². The molecule has 0 aliphatic carbocycles. The molecular formula is C13H14FNS. The van der Waals surface area contributed by atoms with E-state index in [0.717, 1.165) is 5.69 Å². The Kier molecular flexibility index (Phi) is 3.25. The maximum absolute atomic E-state index is 13.3. The van der Waals surface area contributed by atoms with E-state index in [9.17, 15) is 4.39 Å². The van der Waals surface area contributed by atoms with E-state index < -0.39 is 0 Å². The van der Waals surface area contributed by atoms with Crippen molar-refractivity contribution in [2.45, 2.75) is 19.9 Å². The normalized spacial score (nSPS) is 12.4. The predicted octanol–water partition coefficient (Wildman–Crippen LogP) is 4.37. The van der Waals surface area contributed by atoms with Crippen LogP contribution in [0.15, 0.2) is 35.0 Å². The van der Waals surface area contributed by atoms with Crippen LogP contribution in [0.1, 0.15) is 24.1 Å². The molecule has 0 aliphatic rings. The number of thiophene rings is 1. The first-order valence-corrected chi connectivity index (χ1v) is 6.16. The molecule has 0 saturated heterocycles. The molecule has 0 aliphatic heterocycles. The van der Waals surface area contributed by atoms with Crippen LogP contribution in [0.4, 0.5) is 10.1 Å². The van der Waals surface area contributed by atoms with Crippen molar-refractivity contribution in [3.05, 3.63) is 52.0 Å². The Morgan fingerprint density at radius 1 is 1.31 bits per heavy atom. The summed E-state index contributed by atoms with van der Waals surface area (Å²) >= 11 is 1.67. The number of halogens is 1. The van der Waals surface area contributed by atoms with Crippen LogP contribution in [-0.2, 0) is 0 Å². The third-order valence-electron chi connectivity index (χ3n) is 2.68. The first-order chi connectivity index (χ1) is 7.68. The molecule has 3 heteroatoms. The summed E-state index contributed by atoms with van der Waals surface area (Å²) in [7, 11) is 0. The van der Waals surface area contributed by atoms with Crippen LogP contribution >= 0.6 is 11.3 Å². The highest BCUT2D eigenvalue weighted by atomic mass is 32.1. The zero-order chi connectivity index (χ0) is 11.5. The van der Waals surface area contributed by atoms with Crippen molar-refractivity contribution in [3.8, 4) is 0 Å². The Morgan fingerprint density at radius 2 is 2.12 bits per heavy atom. The molecule has 0 saturated carbocycles. The molecule has 0 radical (unpaired) electrons. The van der Waals surface area contributed by atoms with Crippen molar-refractivity contribution in [2.75, 3.05) is 5.32 Å². The SMILES string of the molecule is Cc1c(F)cccc1NC(C)c1ccsc1. The molecule has 84 valence electrons. The van der Waals surface area contributed by atoms with Crippen LogP contribution < -0.4 is 5.32 Å². The quantitative estimate of drug-likeness (QED) is 0.833. The third-order valence-corrected chi connectivity index (χ3v) is 3.38. The molecule has 2 rings (SSSR count). The molecule has 1 N–H and O–H groups in total. The number of rotatable bonds is 3. The predicted molar refractivity (Wildman–Crippen MR) is 67.5 cm³/mol. The Hall–Kier alpha value is -1.35. The molecule has 1 unspecified atom stereocenters. The van der Waals surface area contributed by atoms with Gasteiger partial charge in [0.05, 0.1) is 0 Å². The Bertz CT molecular complexity index is 465. The molecule has 1 heterocycles. The van der Waals surface area contributed by atoms with Gasteiger partial charge in [0.15, 0.2) is 0 Å². The van der Waals surface area contributed by atoms with Gasteiger partial charge >= 0.3 is 0 Å². The fourth-order valence-electron chi connectivity index (χ4n) is 1.60. The lowest BCUT2D eigenvalue weighted by Gasteiger charge is -2.16. The smallest absolute Gasteiger partial charge is 0.128 e. The second kappa shape index (κ2) is 4.66. The first-order valence-electron chi connectivity index (χ1n) is 5.22. The van der Waals surface area contributed by atoms with E-state index in [1.807, 2.05) is 11.4 Å². The van der Waals surface area contributed by atoms with Gasteiger partial charge in [0, 0.05) is 17.3 Å². The number of benzene rings is 1. The maximum atomic E-state index is 13.3. The average molecular weight is 235 g/mol. The third kappa shape index (κ3) is 2.25. The summed E-state index contributed by atoms with van der Waals surface area (Å²) < 4.78 is 13.3. The van der Waals surface area contributed by atoms with Crippen LogP contribution in [0.3, 0.4) is 0 Å². The minimum atomic E-state index is -0.164. The molecule has 0 spiro atoms. The Labute approximate surface area is 98.9 Å². The van der Waals surface area contributed by atoms with Gasteiger partial charge in [0.1, 0.15) is 5.82 Å². The van der Waals surface area contributed by atoms with Crippen molar-refractivity contribution in [1.82, 2.24) is 0 Å². The number of anilines is 1. The number of nitrogens with one attached hydrogen (secondary N) is 1. The van der Waals surface area contributed by atoms with Gasteiger partial charge in [0.25, 0.3) is 0 Å². The summed E-state index contributed by atoms with van der Waals surface area (Å²) in [5, 5.41) is 7.47. The van der Waals surface area contributed by atoms with Crippen LogP contribution in [0.2, 0.25) is 0 Å². The van der Waals surface area contributed by atoms with Gasteiger partial charge in [-0.2, -0.15) is 11.3 Å². The molecule has 2 aromatic rings. The Morgan fingerprint density at radius 3 is 2.81 bits per heavy atom. The highest BCUT2D eigenvalue weighted by Crippen LogP contribution is 2.24. The molecule has 1 aromatic carbocycles. The van der Waals surface area contributed by atoms with Crippen LogP contribution in [0.5, 0.6) is 0 Å². The lowest BCUT2D eigenvalue weighted by molar-refractivity contribution is 0.618. The summed E-state index contributed by atoms with van der Waals surface area (Å²) in [5.41, 5.74) is 2.76. The summed E-state index contributed by atoms with van der Waals surface area (Å²) in [4.78, 5) is 0. The topological polar surface area (TPSA) is 12.0 Å². The second-order valence-electron chi connectivity index (χ2n) is 3.84. The van der Waals surface area contributed by atoms with Gasteiger partial charge in [-0.1, -0.05) is 6.07 Å². The van der Waals surface area contributed by atoms with E-state index in [1.165, 1.54) is 11.6 Å². The van der Waals surface area contributed by atoms with Crippen LogP contribution in [0, 0.1) is 12.7 Å². The van der Waals surface area contributed by atoms with Gasteiger partial charge in [0.2, 0.25) is 0 Å². The van der Waals surface area contributed by atoms with Crippen molar-refractivity contribution in [1.29, 1.82) is 0 Å². The second-order valence-corrected chi connectivity index (χ2v) is 4.62. The van der Waals surface area contributed by atoms with E-state index in [2.05, 4.69) is 23.7 Å². The van der Waals surface area contributed by atoms with E-state index in [1.54, 1.807) is 24.3 Å². The highest BCUT2D eigenvalue weighted by molar-refractivity contribution is 7.07. The van der Waals surface area contributed by atoms with Crippen molar-refractivity contribution in [2.24, 2.45) is 0 Å². The van der Waals surface area contributed by atoms with E-state index in [0.29, 0.717) is 5.56 Å². The molecule has 0 fully saturated rings. The molecule has 1 aromatic heterocycles. The Balaban J connectivity index is 2.18. The highest BCUT2D eigenvalue weighted by Gasteiger charge is 2.08. The molecule has 16 heavy (non-hydrogen) atoms. The van der Waals surface area contributed by atoms with E-state index in [-0.39, 0.29) is 11.9 Å². The lowest BCUT2D eigenvalue weighted by atomic mass is 10.1. The van der Waals surface area contributed by atoms with Crippen LogP contribution in [-0.4, -0.2) is 0 Å². The minimum Gasteiger partial charge on any atom is -0.378 e. The van der Waals surface area contributed by atoms with Gasteiger partial charge in [-0.15, -0.1) is 0 Å². The average Bonchev–Trinajstić information content (AvgIpc) is 2.78. The molecule has 0 bridgehead atoms. The zero-order valence-electron chi connectivity index (χ0n) is 9.33. The summed E-state index contributed by atoms with van der Waals surface area (Å²) in [6.07, 6.45) is 0. The van der Waals surface area contributed by atoms with Crippen molar-refractivity contribution >= 4 is 17.0 Å². The fraction of sp³-hybridized carbons (Fsp3) is 0.231. The van der Waals surface area contributed by atoms with Crippen molar-refractivity contribution < 1.29 is 4.39 Å². The summed E-state index contributed by atoms with van der Waals surface area (Å²) in [5.74, 6) is -0.164. The van der Waals surface area contributed by atoms with E-state index >= 15 is 0 Å². The maximum Gasteiger partial charge on any atom is 0.128 e. The fourth-order valence-corrected chi connectivity index (χ4v) is 2.36. The molecule has 0 amide bonds. The standard InChI is InChI=1S/C13H14FNS/c1-9-12(14)4-3-5-13(9)15-10(2)11-6-7-16-8-11/h3-8,10,15H,1-2H3. The molecule has 1 atom stereocenters. The summed E-state index contributed by atoms with van der Waals surface area (Å²) in [6.45, 7) is 3.87. The minimum absolute atomic E-state index is 0.164. The lowest BCUT2D eigenvalue weighted by Crippen LogP contribution is -2.07. The van der Waals surface area contributed by atoms with Gasteiger partial charge < -0.3 is 5.32 Å². The largest absolute Gasteiger partial charge is 0.378 e. The molecular weight excluding hydrogens is 221 g/mol. The van der Waals surface area contributed by atoms with Gasteiger partial charge in [-0.05, 0) is 48.4 Å². The summed E-state index contributed by atoms with van der Waals surface area (Å²) in [6, 6.07) is 7.39. The van der Waals surface area contributed by atoms with E-state index in [4.69, 9.17) is 0 Å². The number of hydrogen-bond acceptors (Lipinski definition) is 2. The van der Waals surface area contributed by atoms with Gasteiger partial charge in [-0.3, -0.25) is 0 Å². The first kappa shape index (κ1) is 11.1. The number of hydrogen-bond donors (Lipinski definition) is 1. The monoisotopic (exact) mass is 235 g/mol. The molecule has 1 nitrogen and oxygen atoms in total. The van der Waals surface area contributed by atoms with Gasteiger partial charge in [-0.25, -0.2) is 4.39 Å². The zero-order valence-corrected chi connectivity index (χ0v) is 10.1.